The van der Waals surface area contributed by atoms with Gasteiger partial charge in [-0.05, 0) is 50.7 Å². The summed E-state index contributed by atoms with van der Waals surface area (Å²) < 4.78 is 5.59. The van der Waals surface area contributed by atoms with Crippen LogP contribution in [0.25, 0.3) is 32.7 Å². The van der Waals surface area contributed by atoms with Crippen LogP contribution in [0.5, 0.6) is 0 Å². The van der Waals surface area contributed by atoms with E-state index in [2.05, 4.69) is 79.7 Å². The molecule has 0 aliphatic heterocycles. The predicted octanol–water partition coefficient (Wildman–Crippen LogP) is 6.11. The molecule has 0 spiro atoms. The Morgan fingerprint density at radius 2 is 1.38 bits per heavy atom. The summed E-state index contributed by atoms with van der Waals surface area (Å²) in [4.78, 5) is 0. The Morgan fingerprint density at radius 3 is 2.12 bits per heavy atom. The van der Waals surface area contributed by atoms with Crippen molar-refractivity contribution in [3.63, 3.8) is 0 Å². The lowest BCUT2D eigenvalue weighted by molar-refractivity contribution is 0.186. The fraction of sp³-hybridized carbons (Fsp3) is 0.130. The number of fused-ring (bicyclic) bond motifs is 3. The summed E-state index contributed by atoms with van der Waals surface area (Å²) in [6.07, 6.45) is 0. The summed E-state index contributed by atoms with van der Waals surface area (Å²) in [5.74, 6) is 0. The summed E-state index contributed by atoms with van der Waals surface area (Å²) in [6, 6.07) is 25.9. The predicted molar refractivity (Wildman–Crippen MR) is 102 cm³/mol. The number of aryl methyl sites for hydroxylation is 1. The summed E-state index contributed by atoms with van der Waals surface area (Å²) in [6.45, 7) is 2.80. The quantitative estimate of drug-likeness (QED) is 0.414. The van der Waals surface area contributed by atoms with E-state index >= 15 is 0 Å². The van der Waals surface area contributed by atoms with E-state index in [9.17, 15) is 0 Å². The van der Waals surface area contributed by atoms with Crippen molar-refractivity contribution in [2.45, 2.75) is 13.5 Å². The molecule has 0 amide bonds. The van der Waals surface area contributed by atoms with Crippen LogP contribution < -0.4 is 0 Å². The molecule has 0 N–H and O–H groups in total. The highest BCUT2D eigenvalue weighted by molar-refractivity contribution is 6.16. The van der Waals surface area contributed by atoms with Gasteiger partial charge in [0.25, 0.3) is 0 Å². The topological polar surface area (TPSA) is 9.23 Å². The van der Waals surface area contributed by atoms with Gasteiger partial charge in [0.05, 0.1) is 6.61 Å². The molecule has 0 aromatic heterocycles. The number of ether oxygens (including phenoxy) is 1. The van der Waals surface area contributed by atoms with Crippen LogP contribution in [0.1, 0.15) is 11.1 Å². The molecule has 0 aliphatic carbocycles. The van der Waals surface area contributed by atoms with Gasteiger partial charge in [-0.15, -0.1) is 0 Å². The second-order valence-electron chi connectivity index (χ2n) is 6.20. The number of hydrogen-bond donors (Lipinski definition) is 0. The molecule has 0 saturated heterocycles. The van der Waals surface area contributed by atoms with Crippen molar-refractivity contribution in [2.24, 2.45) is 0 Å². The number of benzene rings is 4. The molecule has 24 heavy (non-hydrogen) atoms. The van der Waals surface area contributed by atoms with Crippen LogP contribution in [-0.2, 0) is 11.3 Å². The third-order valence-electron chi connectivity index (χ3n) is 4.72. The minimum atomic E-state index is 0.606. The van der Waals surface area contributed by atoms with Crippen LogP contribution in [0.15, 0.2) is 72.8 Å². The van der Waals surface area contributed by atoms with Crippen molar-refractivity contribution in [3.05, 3.63) is 83.9 Å². The van der Waals surface area contributed by atoms with Gasteiger partial charge in [-0.25, -0.2) is 0 Å². The smallest absolute Gasteiger partial charge is 0.0725 e. The molecule has 1 heteroatoms. The second kappa shape index (κ2) is 6.10. The van der Waals surface area contributed by atoms with Gasteiger partial charge in [-0.1, -0.05) is 72.8 Å². The van der Waals surface area contributed by atoms with Crippen molar-refractivity contribution in [1.29, 1.82) is 0 Å². The zero-order valence-electron chi connectivity index (χ0n) is 14.0. The van der Waals surface area contributed by atoms with E-state index in [0.29, 0.717) is 6.61 Å². The Bertz CT molecular complexity index is 1020. The molecule has 0 atom stereocenters. The van der Waals surface area contributed by atoms with Gasteiger partial charge in [0.1, 0.15) is 0 Å². The highest BCUT2D eigenvalue weighted by Gasteiger charge is 2.16. The maximum absolute atomic E-state index is 5.59. The normalized spacial score (nSPS) is 11.2. The maximum atomic E-state index is 5.59. The van der Waals surface area contributed by atoms with Crippen LogP contribution in [-0.4, -0.2) is 7.11 Å². The van der Waals surface area contributed by atoms with E-state index in [-0.39, 0.29) is 0 Å². The first-order chi connectivity index (χ1) is 11.8. The summed E-state index contributed by atoms with van der Waals surface area (Å²) in [5.41, 5.74) is 5.11. The van der Waals surface area contributed by atoms with E-state index in [0.717, 1.165) is 0 Å². The van der Waals surface area contributed by atoms with Crippen LogP contribution >= 0.6 is 0 Å². The molecule has 0 heterocycles. The Labute approximate surface area is 142 Å². The van der Waals surface area contributed by atoms with Crippen molar-refractivity contribution in [1.82, 2.24) is 0 Å². The second-order valence-corrected chi connectivity index (χ2v) is 6.20. The summed E-state index contributed by atoms with van der Waals surface area (Å²) in [7, 11) is 1.77. The number of rotatable bonds is 3. The van der Waals surface area contributed by atoms with E-state index in [4.69, 9.17) is 4.74 Å². The Kier molecular flexibility index (Phi) is 3.79. The van der Waals surface area contributed by atoms with Crippen LogP contribution in [0, 0.1) is 6.92 Å². The minimum Gasteiger partial charge on any atom is -0.380 e. The zero-order valence-corrected chi connectivity index (χ0v) is 14.0. The lowest BCUT2D eigenvalue weighted by Gasteiger charge is -2.19. The Morgan fingerprint density at radius 1 is 0.708 bits per heavy atom. The third-order valence-corrected chi connectivity index (χ3v) is 4.72. The zero-order chi connectivity index (χ0) is 16.5. The average molecular weight is 312 g/mol. The van der Waals surface area contributed by atoms with Crippen LogP contribution in [0.3, 0.4) is 0 Å². The lowest BCUT2D eigenvalue weighted by Crippen LogP contribution is -1.97. The van der Waals surface area contributed by atoms with E-state index in [1.54, 1.807) is 7.11 Å². The van der Waals surface area contributed by atoms with Gasteiger partial charge in [0.2, 0.25) is 0 Å². The molecule has 0 saturated carbocycles. The molecule has 0 bridgehead atoms. The van der Waals surface area contributed by atoms with Gasteiger partial charge in [-0.3, -0.25) is 0 Å². The summed E-state index contributed by atoms with van der Waals surface area (Å²) in [5, 5.41) is 5.21. The number of methoxy groups -OCH3 is 1. The average Bonchev–Trinajstić information content (AvgIpc) is 2.63. The fourth-order valence-corrected chi connectivity index (χ4v) is 3.71. The van der Waals surface area contributed by atoms with Crippen LogP contribution in [0.2, 0.25) is 0 Å². The van der Waals surface area contributed by atoms with E-state index < -0.39 is 0 Å². The third kappa shape index (κ3) is 2.29. The molecule has 4 rings (SSSR count). The Balaban J connectivity index is 2.27. The monoisotopic (exact) mass is 312 g/mol. The largest absolute Gasteiger partial charge is 0.380 e. The molecule has 0 aliphatic rings. The first kappa shape index (κ1) is 14.9. The maximum Gasteiger partial charge on any atom is 0.0725 e. The van der Waals surface area contributed by atoms with Crippen molar-refractivity contribution < 1.29 is 4.74 Å². The molecule has 4 aromatic carbocycles. The molecule has 1 nitrogen and oxygen atoms in total. The molecular formula is C23H20O. The molecule has 4 aromatic rings. The minimum absolute atomic E-state index is 0.606. The molecular weight excluding hydrogens is 292 g/mol. The van der Waals surface area contributed by atoms with Crippen molar-refractivity contribution in [3.8, 4) is 11.1 Å². The first-order valence-electron chi connectivity index (χ1n) is 8.28. The van der Waals surface area contributed by atoms with Gasteiger partial charge in [-0.2, -0.15) is 0 Å². The molecule has 0 unspecified atom stereocenters. The molecule has 0 fully saturated rings. The van der Waals surface area contributed by atoms with Gasteiger partial charge < -0.3 is 4.74 Å². The van der Waals surface area contributed by atoms with E-state index in [1.165, 1.54) is 43.8 Å². The standard InChI is InChI=1S/C23H20O/c1-16-9-8-14-20-18-12-6-7-13-19(18)21(15-24-2)23(22(16)20)17-10-4-3-5-11-17/h3-14H,15H2,1-2H3. The molecule has 0 radical (unpaired) electrons. The van der Waals surface area contributed by atoms with Crippen molar-refractivity contribution in [2.75, 3.05) is 7.11 Å². The SMILES string of the molecule is COCc1c(-c2ccccc2)c2c(C)cccc2c2ccccc12. The van der Waals surface area contributed by atoms with Gasteiger partial charge in [0, 0.05) is 7.11 Å². The fourth-order valence-electron chi connectivity index (χ4n) is 3.71. The molecule has 118 valence electrons. The van der Waals surface area contributed by atoms with Gasteiger partial charge >= 0.3 is 0 Å². The lowest BCUT2D eigenvalue weighted by atomic mass is 9.86. The highest BCUT2D eigenvalue weighted by atomic mass is 16.5. The van der Waals surface area contributed by atoms with Crippen LogP contribution in [0.4, 0.5) is 0 Å². The highest BCUT2D eigenvalue weighted by Crippen LogP contribution is 2.40. The summed E-state index contributed by atoms with van der Waals surface area (Å²) >= 11 is 0. The number of hydrogen-bond acceptors (Lipinski definition) is 1. The van der Waals surface area contributed by atoms with Gasteiger partial charge in [0.15, 0.2) is 0 Å². The Hall–Kier alpha value is -2.64. The first-order valence-corrected chi connectivity index (χ1v) is 8.28. The van der Waals surface area contributed by atoms with E-state index in [1.807, 2.05) is 0 Å². The van der Waals surface area contributed by atoms with Crippen molar-refractivity contribution >= 4 is 21.5 Å².